The maximum Gasteiger partial charge on any atom is 0.239 e. The molecular weight excluding hydrogens is 511 g/mol. The molecule has 1 amide bonds. The van der Waals surface area contributed by atoms with Gasteiger partial charge in [-0.2, -0.15) is 5.26 Å². The molecule has 0 radical (unpaired) electrons. The molecule has 0 bridgehead atoms. The molecule has 9 nitrogen and oxygen atoms in total. The summed E-state index contributed by atoms with van der Waals surface area (Å²) in [6, 6.07) is 10.7. The molecule has 0 aliphatic rings. The van der Waals surface area contributed by atoms with Crippen molar-refractivity contribution in [1.29, 1.82) is 5.26 Å². The number of carbonyl (C=O) groups excluding carboxylic acids is 1. The molecule has 2 heterocycles. The Hall–Kier alpha value is -3.87. The SMILES string of the molecule is [2H][C@@](Nc1cc(Cl)c2ncc(C#N)c(NCC(C)(C)C)c2c1)(c1cn(CC(N)=O)nn1)c1ccccc1Cl. The second-order valence-electron chi connectivity index (χ2n) is 9.67. The average Bonchev–Trinajstić information content (AvgIpc) is 3.30. The lowest BCUT2D eigenvalue weighted by molar-refractivity contribution is -0.118. The summed E-state index contributed by atoms with van der Waals surface area (Å²) in [5, 5.41) is 25.7. The van der Waals surface area contributed by atoms with E-state index in [-0.39, 0.29) is 17.7 Å². The molecule has 190 valence electrons. The van der Waals surface area contributed by atoms with Crippen LogP contribution in [0.15, 0.2) is 48.8 Å². The number of pyridine rings is 1. The molecule has 1 atom stereocenters. The Morgan fingerprint density at radius 3 is 2.70 bits per heavy atom. The van der Waals surface area contributed by atoms with Crippen molar-refractivity contribution in [3.63, 3.8) is 0 Å². The van der Waals surface area contributed by atoms with Crippen LogP contribution in [0.2, 0.25) is 10.0 Å². The quantitative estimate of drug-likeness (QED) is 0.282. The predicted octanol–water partition coefficient (Wildman–Crippen LogP) is 5.15. The van der Waals surface area contributed by atoms with Crippen LogP contribution >= 0.6 is 23.2 Å². The van der Waals surface area contributed by atoms with Gasteiger partial charge in [0, 0.05) is 28.8 Å². The van der Waals surface area contributed by atoms with Crippen molar-refractivity contribution in [2.24, 2.45) is 11.1 Å². The van der Waals surface area contributed by atoms with E-state index in [0.29, 0.717) is 50.0 Å². The highest BCUT2D eigenvalue weighted by atomic mass is 35.5. The molecule has 0 aliphatic carbocycles. The fourth-order valence-corrected chi connectivity index (χ4v) is 4.19. The van der Waals surface area contributed by atoms with Crippen molar-refractivity contribution in [2.45, 2.75) is 33.3 Å². The van der Waals surface area contributed by atoms with Crippen LogP contribution in [0.1, 0.15) is 45.0 Å². The van der Waals surface area contributed by atoms with E-state index in [2.05, 4.69) is 52.8 Å². The van der Waals surface area contributed by atoms with Crippen LogP contribution in [0.4, 0.5) is 11.4 Å². The van der Waals surface area contributed by atoms with E-state index in [1.54, 1.807) is 36.4 Å². The Morgan fingerprint density at radius 2 is 2.03 bits per heavy atom. The normalized spacial score (nSPS) is 13.5. The molecule has 0 spiro atoms. The highest BCUT2D eigenvalue weighted by Gasteiger charge is 2.22. The first-order valence-electron chi connectivity index (χ1n) is 11.9. The first kappa shape index (κ1) is 24.8. The van der Waals surface area contributed by atoms with Gasteiger partial charge < -0.3 is 16.4 Å². The number of halogens is 2. The molecule has 4 rings (SSSR count). The number of benzene rings is 2. The molecular formula is C26H26Cl2N8O. The zero-order valence-electron chi connectivity index (χ0n) is 21.5. The summed E-state index contributed by atoms with van der Waals surface area (Å²) < 4.78 is 10.8. The number of carbonyl (C=O) groups is 1. The molecule has 11 heteroatoms. The second kappa shape index (κ2) is 10.6. The monoisotopic (exact) mass is 537 g/mol. The third-order valence-corrected chi connectivity index (χ3v) is 5.98. The first-order valence-corrected chi connectivity index (χ1v) is 12.2. The molecule has 0 saturated carbocycles. The number of fused-ring (bicyclic) bond motifs is 1. The highest BCUT2D eigenvalue weighted by molar-refractivity contribution is 6.36. The van der Waals surface area contributed by atoms with Crippen LogP contribution in [0.5, 0.6) is 0 Å². The van der Waals surface area contributed by atoms with Crippen LogP contribution in [0, 0.1) is 16.7 Å². The number of nitriles is 1. The molecule has 4 N–H and O–H groups in total. The Bertz CT molecular complexity index is 1560. The maximum absolute atomic E-state index is 11.4. The molecule has 37 heavy (non-hydrogen) atoms. The summed E-state index contributed by atoms with van der Waals surface area (Å²) in [4.78, 5) is 15.8. The predicted molar refractivity (Wildman–Crippen MR) is 146 cm³/mol. The van der Waals surface area contributed by atoms with Crippen LogP contribution < -0.4 is 16.4 Å². The van der Waals surface area contributed by atoms with Gasteiger partial charge in [-0.25, -0.2) is 4.68 Å². The van der Waals surface area contributed by atoms with Gasteiger partial charge in [0.25, 0.3) is 0 Å². The number of anilines is 2. The lowest BCUT2D eigenvalue weighted by Gasteiger charge is -2.22. The number of primary amides is 1. The fourth-order valence-electron chi connectivity index (χ4n) is 3.69. The van der Waals surface area contributed by atoms with Crippen LogP contribution in [-0.2, 0) is 11.3 Å². The number of hydrogen-bond acceptors (Lipinski definition) is 7. The first-order chi connectivity index (χ1) is 17.9. The summed E-state index contributed by atoms with van der Waals surface area (Å²) in [6.07, 6.45) is 2.95. The zero-order valence-corrected chi connectivity index (χ0v) is 22.0. The summed E-state index contributed by atoms with van der Waals surface area (Å²) in [5.41, 5.74) is 7.75. The van der Waals surface area contributed by atoms with Gasteiger partial charge in [-0.1, -0.05) is 67.4 Å². The highest BCUT2D eigenvalue weighted by Crippen LogP contribution is 2.37. The van der Waals surface area contributed by atoms with Crippen LogP contribution in [0.3, 0.4) is 0 Å². The number of aromatic nitrogens is 4. The van der Waals surface area contributed by atoms with Gasteiger partial charge in [-0.15, -0.1) is 5.10 Å². The van der Waals surface area contributed by atoms with Gasteiger partial charge in [0.1, 0.15) is 18.3 Å². The number of nitrogens with zero attached hydrogens (tertiary/aromatic N) is 5. The van der Waals surface area contributed by atoms with E-state index in [9.17, 15) is 11.4 Å². The Morgan fingerprint density at radius 1 is 1.27 bits per heavy atom. The largest absolute Gasteiger partial charge is 0.383 e. The number of rotatable bonds is 8. The average molecular weight is 538 g/mol. The molecule has 0 fully saturated rings. The van der Waals surface area contributed by atoms with E-state index in [1.165, 1.54) is 17.1 Å². The van der Waals surface area contributed by atoms with Gasteiger partial charge in [0.15, 0.2) is 0 Å². The third-order valence-electron chi connectivity index (χ3n) is 5.37. The summed E-state index contributed by atoms with van der Waals surface area (Å²) in [7, 11) is 0. The third kappa shape index (κ3) is 6.10. The van der Waals surface area contributed by atoms with Gasteiger partial charge >= 0.3 is 0 Å². The molecule has 4 aromatic rings. The van der Waals surface area contributed by atoms with E-state index < -0.39 is 11.9 Å². The van der Waals surface area contributed by atoms with Crippen molar-refractivity contribution < 1.29 is 6.17 Å². The Balaban J connectivity index is 1.87. The minimum atomic E-state index is -1.73. The Labute approximate surface area is 226 Å². The van der Waals surface area contributed by atoms with E-state index in [1.807, 2.05) is 0 Å². The lowest BCUT2D eigenvalue weighted by atomic mass is 9.96. The number of nitrogens with one attached hydrogen (secondary N) is 2. The lowest BCUT2D eigenvalue weighted by Crippen LogP contribution is -2.20. The van der Waals surface area contributed by atoms with Gasteiger partial charge in [0.2, 0.25) is 5.91 Å². The minimum absolute atomic E-state index is 0.0564. The summed E-state index contributed by atoms with van der Waals surface area (Å²) in [6.45, 7) is 6.65. The Kier molecular flexibility index (Phi) is 7.12. The van der Waals surface area contributed by atoms with Crippen molar-refractivity contribution in [1.82, 2.24) is 20.0 Å². The number of nitrogens with two attached hydrogens (primary N) is 1. The summed E-state index contributed by atoms with van der Waals surface area (Å²) >= 11 is 13.2. The van der Waals surface area contributed by atoms with E-state index >= 15 is 0 Å². The molecule has 0 unspecified atom stereocenters. The van der Waals surface area contributed by atoms with Crippen molar-refractivity contribution in [3.8, 4) is 6.07 Å². The molecule has 2 aromatic heterocycles. The molecule has 0 aliphatic heterocycles. The van der Waals surface area contributed by atoms with E-state index in [0.717, 1.165) is 0 Å². The van der Waals surface area contributed by atoms with E-state index in [4.69, 9.17) is 28.9 Å². The van der Waals surface area contributed by atoms with Gasteiger partial charge in [0.05, 0.1) is 35.4 Å². The topological polar surface area (TPSA) is 135 Å². The minimum Gasteiger partial charge on any atom is -0.383 e. The zero-order chi connectivity index (χ0) is 27.7. The van der Waals surface area contributed by atoms with Gasteiger partial charge in [-0.3, -0.25) is 9.78 Å². The van der Waals surface area contributed by atoms with Crippen LogP contribution in [-0.4, -0.2) is 32.4 Å². The maximum atomic E-state index is 11.4. The van der Waals surface area contributed by atoms with Crippen molar-refractivity contribution in [3.05, 3.63) is 75.7 Å². The van der Waals surface area contributed by atoms with Gasteiger partial charge in [-0.05, 0) is 29.2 Å². The molecule has 2 aromatic carbocycles. The summed E-state index contributed by atoms with van der Waals surface area (Å²) in [5.74, 6) is -0.597. The van der Waals surface area contributed by atoms with Crippen molar-refractivity contribution >= 4 is 51.4 Å². The fraction of sp³-hybridized carbons (Fsp3) is 0.269. The smallest absolute Gasteiger partial charge is 0.239 e. The standard InChI is InChI=1S/C26H26Cl2N8O/c1-26(2,3)14-32-23-15(10-29)11-31-24-18(23)8-16(9-20(24)28)33-25(17-6-4-5-7-19(17)27)21-12-36(35-34-21)13-22(30)37/h4-9,11-12,25,33H,13-14H2,1-3H3,(H2,30,37)(H,31,32)/t25-/m0/s1/i25D. The molecule has 0 saturated heterocycles. The number of amides is 1. The van der Waals surface area contributed by atoms with Crippen molar-refractivity contribution in [2.75, 3.05) is 17.2 Å². The number of hydrogen-bond donors (Lipinski definition) is 3. The second-order valence-corrected chi connectivity index (χ2v) is 10.5. The van der Waals surface area contributed by atoms with Crippen LogP contribution in [0.25, 0.3) is 10.9 Å².